The molecule has 0 aromatic heterocycles. The largest absolute Gasteiger partial charge is 0.297 e. The Morgan fingerprint density at radius 3 is 2.33 bits per heavy atom. The first-order chi connectivity index (χ1) is 6.94. The Hall–Kier alpha value is -0.820. The summed E-state index contributed by atoms with van der Waals surface area (Å²) in [7, 11) is 0. The van der Waals surface area contributed by atoms with E-state index in [9.17, 15) is 4.79 Å². The summed E-state index contributed by atoms with van der Waals surface area (Å²) in [6.07, 6.45) is 0.416. The van der Waals surface area contributed by atoms with Gasteiger partial charge in [0.2, 0.25) is 0 Å². The van der Waals surface area contributed by atoms with E-state index >= 15 is 0 Å². The molecule has 0 radical (unpaired) electrons. The number of carbonyl (C=O) groups excluding carboxylic acids is 1. The average Bonchev–Trinajstić information content (AvgIpc) is 2.18. The van der Waals surface area contributed by atoms with Crippen LogP contribution >= 0.6 is 11.6 Å². The van der Waals surface area contributed by atoms with Crippen LogP contribution in [0.4, 0.5) is 0 Å². The lowest BCUT2D eigenvalue weighted by molar-refractivity contribution is -0.121. The second-order valence-electron chi connectivity index (χ2n) is 4.32. The minimum atomic E-state index is -0.754. The standard InChI is InChI=1S/C13H17ClO/c1-10(2)13(3,14)12(15)9-11-7-5-4-6-8-11/h4-8,10H,9H2,1-3H3. The molecule has 2 heteroatoms. The van der Waals surface area contributed by atoms with Crippen LogP contribution in [0.15, 0.2) is 30.3 Å². The number of benzene rings is 1. The molecule has 1 aromatic carbocycles. The number of ketones is 1. The summed E-state index contributed by atoms with van der Waals surface area (Å²) in [5, 5.41) is 0. The Morgan fingerprint density at radius 1 is 1.33 bits per heavy atom. The topological polar surface area (TPSA) is 17.1 Å². The molecule has 1 atom stereocenters. The van der Waals surface area contributed by atoms with Crippen molar-refractivity contribution in [3.8, 4) is 0 Å². The number of rotatable bonds is 4. The lowest BCUT2D eigenvalue weighted by Gasteiger charge is -2.24. The predicted octanol–water partition coefficient (Wildman–Crippen LogP) is 3.45. The van der Waals surface area contributed by atoms with Crippen molar-refractivity contribution in [3.05, 3.63) is 35.9 Å². The summed E-state index contributed by atoms with van der Waals surface area (Å²) < 4.78 is 0. The van der Waals surface area contributed by atoms with Crippen LogP contribution in [0, 0.1) is 5.92 Å². The molecule has 82 valence electrons. The zero-order chi connectivity index (χ0) is 11.5. The number of hydrogen-bond acceptors (Lipinski definition) is 1. The van der Waals surface area contributed by atoms with E-state index in [2.05, 4.69) is 0 Å². The van der Waals surface area contributed by atoms with Gasteiger partial charge in [0.05, 0.1) is 0 Å². The molecule has 0 aliphatic carbocycles. The van der Waals surface area contributed by atoms with E-state index in [1.165, 1.54) is 0 Å². The predicted molar refractivity (Wildman–Crippen MR) is 64.2 cm³/mol. The van der Waals surface area contributed by atoms with Crippen molar-refractivity contribution in [2.24, 2.45) is 5.92 Å². The van der Waals surface area contributed by atoms with Crippen LogP contribution < -0.4 is 0 Å². The van der Waals surface area contributed by atoms with Gasteiger partial charge < -0.3 is 0 Å². The van der Waals surface area contributed by atoms with E-state index in [1.807, 2.05) is 44.2 Å². The van der Waals surface area contributed by atoms with E-state index in [1.54, 1.807) is 6.92 Å². The molecule has 0 bridgehead atoms. The minimum Gasteiger partial charge on any atom is -0.297 e. The zero-order valence-electron chi connectivity index (χ0n) is 9.46. The van der Waals surface area contributed by atoms with Crippen molar-refractivity contribution >= 4 is 17.4 Å². The molecule has 0 saturated heterocycles. The van der Waals surface area contributed by atoms with Crippen LogP contribution in [0.3, 0.4) is 0 Å². The number of hydrogen-bond donors (Lipinski definition) is 0. The van der Waals surface area contributed by atoms with Crippen molar-refractivity contribution < 1.29 is 4.79 Å². The second kappa shape index (κ2) is 4.80. The molecule has 0 amide bonds. The fourth-order valence-corrected chi connectivity index (χ4v) is 1.34. The van der Waals surface area contributed by atoms with E-state index in [0.29, 0.717) is 6.42 Å². The van der Waals surface area contributed by atoms with E-state index in [0.717, 1.165) is 5.56 Å². The van der Waals surface area contributed by atoms with Crippen molar-refractivity contribution in [3.63, 3.8) is 0 Å². The third-order valence-electron chi connectivity index (χ3n) is 2.84. The number of halogens is 1. The van der Waals surface area contributed by atoms with Gasteiger partial charge >= 0.3 is 0 Å². The van der Waals surface area contributed by atoms with Crippen LogP contribution in [-0.4, -0.2) is 10.7 Å². The highest BCUT2D eigenvalue weighted by Gasteiger charge is 2.33. The maximum atomic E-state index is 11.9. The summed E-state index contributed by atoms with van der Waals surface area (Å²) >= 11 is 6.22. The number of Topliss-reactive ketones (excluding diaryl/α,β-unsaturated/α-hetero) is 1. The first kappa shape index (κ1) is 12.3. The fourth-order valence-electron chi connectivity index (χ4n) is 1.28. The highest BCUT2D eigenvalue weighted by Crippen LogP contribution is 2.27. The molecular weight excluding hydrogens is 208 g/mol. The molecule has 0 N–H and O–H groups in total. The van der Waals surface area contributed by atoms with Gasteiger partial charge in [-0.25, -0.2) is 0 Å². The van der Waals surface area contributed by atoms with Crippen LogP contribution in [-0.2, 0) is 11.2 Å². The van der Waals surface area contributed by atoms with Crippen LogP contribution in [0.25, 0.3) is 0 Å². The van der Waals surface area contributed by atoms with E-state index < -0.39 is 4.87 Å². The molecule has 0 saturated carbocycles. The van der Waals surface area contributed by atoms with Gasteiger partial charge in [-0.15, -0.1) is 11.6 Å². The monoisotopic (exact) mass is 224 g/mol. The van der Waals surface area contributed by atoms with E-state index in [4.69, 9.17) is 11.6 Å². The summed E-state index contributed by atoms with van der Waals surface area (Å²) in [5.41, 5.74) is 1.02. The molecule has 0 aliphatic heterocycles. The Morgan fingerprint density at radius 2 is 1.87 bits per heavy atom. The summed E-state index contributed by atoms with van der Waals surface area (Å²) in [4.78, 5) is 11.2. The molecular formula is C13H17ClO. The maximum Gasteiger partial charge on any atom is 0.158 e. The molecule has 1 nitrogen and oxygen atoms in total. The lowest BCUT2D eigenvalue weighted by Crippen LogP contribution is -2.35. The summed E-state index contributed by atoms with van der Waals surface area (Å²) in [5.74, 6) is 0.237. The molecule has 1 aromatic rings. The first-order valence-corrected chi connectivity index (χ1v) is 5.58. The van der Waals surface area contributed by atoms with Gasteiger partial charge in [-0.3, -0.25) is 4.79 Å². The van der Waals surface area contributed by atoms with Crippen LogP contribution in [0.5, 0.6) is 0 Å². The Balaban J connectivity index is 2.72. The third kappa shape index (κ3) is 3.07. The minimum absolute atomic E-state index is 0.0883. The van der Waals surface area contributed by atoms with Crippen molar-refractivity contribution in [1.29, 1.82) is 0 Å². The highest BCUT2D eigenvalue weighted by molar-refractivity contribution is 6.35. The molecule has 15 heavy (non-hydrogen) atoms. The zero-order valence-corrected chi connectivity index (χ0v) is 10.2. The van der Waals surface area contributed by atoms with Gasteiger partial charge in [0.1, 0.15) is 4.87 Å². The average molecular weight is 225 g/mol. The van der Waals surface area contributed by atoms with Gasteiger partial charge in [-0.1, -0.05) is 44.2 Å². The van der Waals surface area contributed by atoms with Crippen LogP contribution in [0.2, 0.25) is 0 Å². The first-order valence-electron chi connectivity index (χ1n) is 5.20. The lowest BCUT2D eigenvalue weighted by atomic mass is 9.89. The van der Waals surface area contributed by atoms with Crippen molar-refractivity contribution in [1.82, 2.24) is 0 Å². The summed E-state index contributed by atoms with van der Waals surface area (Å²) in [6, 6.07) is 9.71. The second-order valence-corrected chi connectivity index (χ2v) is 5.10. The summed E-state index contributed by atoms with van der Waals surface area (Å²) in [6.45, 7) is 5.73. The van der Waals surface area contributed by atoms with Gasteiger partial charge in [0, 0.05) is 6.42 Å². The maximum absolute atomic E-state index is 11.9. The quantitative estimate of drug-likeness (QED) is 0.716. The number of carbonyl (C=O) groups is 1. The molecule has 1 rings (SSSR count). The molecule has 0 heterocycles. The molecule has 0 aliphatic rings. The molecule has 0 fully saturated rings. The number of alkyl halides is 1. The fraction of sp³-hybridized carbons (Fsp3) is 0.462. The Kier molecular flexibility index (Phi) is 3.92. The molecule has 0 spiro atoms. The van der Waals surface area contributed by atoms with Crippen LogP contribution in [0.1, 0.15) is 26.3 Å². The normalized spacial score (nSPS) is 15.0. The molecule has 1 unspecified atom stereocenters. The Bertz CT molecular complexity index is 328. The SMILES string of the molecule is CC(C)C(C)(Cl)C(=O)Cc1ccccc1. The van der Waals surface area contributed by atoms with Crippen molar-refractivity contribution in [2.75, 3.05) is 0 Å². The van der Waals surface area contributed by atoms with Gasteiger partial charge in [-0.05, 0) is 18.4 Å². The van der Waals surface area contributed by atoms with E-state index in [-0.39, 0.29) is 11.7 Å². The Labute approximate surface area is 96.5 Å². The van der Waals surface area contributed by atoms with Crippen molar-refractivity contribution in [2.45, 2.75) is 32.1 Å². The van der Waals surface area contributed by atoms with Gasteiger partial charge in [0.15, 0.2) is 5.78 Å². The highest BCUT2D eigenvalue weighted by atomic mass is 35.5. The van der Waals surface area contributed by atoms with Gasteiger partial charge in [-0.2, -0.15) is 0 Å². The smallest absolute Gasteiger partial charge is 0.158 e. The third-order valence-corrected chi connectivity index (χ3v) is 3.48. The van der Waals surface area contributed by atoms with Gasteiger partial charge in [0.25, 0.3) is 0 Å².